The zero-order valence-corrected chi connectivity index (χ0v) is 32.8. The fraction of sp³-hybridized carbons (Fsp3) is 0.378. The molecule has 2 aromatic carbocycles. The van der Waals surface area contributed by atoms with E-state index in [1.165, 1.54) is 9.80 Å². The highest BCUT2D eigenvalue weighted by Crippen LogP contribution is 2.37. The lowest BCUT2D eigenvalue weighted by Gasteiger charge is -2.18. The Balaban J connectivity index is 0.000000228. The number of sulfone groups is 2. The van der Waals surface area contributed by atoms with E-state index < -0.39 is 75.4 Å². The van der Waals surface area contributed by atoms with Crippen molar-refractivity contribution in [2.75, 3.05) is 39.4 Å². The third-order valence-corrected chi connectivity index (χ3v) is 13.8. The summed E-state index contributed by atoms with van der Waals surface area (Å²) in [4.78, 5) is 29.8. The second kappa shape index (κ2) is 18.9. The zero-order valence-electron chi connectivity index (χ0n) is 31.2. The molecule has 2 saturated heterocycles. The van der Waals surface area contributed by atoms with Crippen molar-refractivity contribution in [1.82, 2.24) is 25.0 Å². The van der Waals surface area contributed by atoms with E-state index in [1.807, 2.05) is 0 Å². The number of rotatable bonds is 12. The summed E-state index contributed by atoms with van der Waals surface area (Å²) in [5, 5.41) is 21.0. The summed E-state index contributed by atoms with van der Waals surface area (Å²) in [7, 11) is -8.78. The average molecular weight is 890 g/mol. The number of benzene rings is 2. The molecule has 2 N–H and O–H groups in total. The predicted octanol–water partition coefficient (Wildman–Crippen LogP) is 3.49. The molecule has 0 radical (unpaired) electrons. The maximum atomic E-state index is 13.2. The van der Waals surface area contributed by atoms with Crippen molar-refractivity contribution >= 4 is 31.5 Å². The van der Waals surface area contributed by atoms with E-state index in [0.29, 0.717) is 41.0 Å². The summed E-state index contributed by atoms with van der Waals surface area (Å²) in [6.45, 7) is -1.28. The molecule has 60 heavy (non-hydrogen) atoms. The largest absolute Gasteiger partial charge is 0.484 e. The van der Waals surface area contributed by atoms with Crippen molar-refractivity contribution in [3.63, 3.8) is 0 Å². The van der Waals surface area contributed by atoms with Gasteiger partial charge in [-0.3, -0.25) is 14.6 Å². The highest BCUT2D eigenvalue weighted by atomic mass is 32.2. The van der Waals surface area contributed by atoms with Crippen LogP contribution < -0.4 is 9.47 Å². The van der Waals surface area contributed by atoms with E-state index in [1.54, 1.807) is 48.5 Å². The summed E-state index contributed by atoms with van der Waals surface area (Å²) in [6, 6.07) is 14.0. The van der Waals surface area contributed by atoms with E-state index >= 15 is 0 Å². The average Bonchev–Trinajstić information content (AvgIpc) is 3.95. The van der Waals surface area contributed by atoms with Crippen LogP contribution in [0.2, 0.25) is 0 Å². The Morgan fingerprint density at radius 2 is 1.12 bits per heavy atom. The smallest absolute Gasteiger partial charge is 0.419 e. The van der Waals surface area contributed by atoms with E-state index in [-0.39, 0.29) is 65.4 Å². The Bertz CT molecular complexity index is 2190. The SMILES string of the molecule is O=C(COc1ccc(CO)cc1)N1CCC(S(=O)(=O)c2cnccc2C(F)(F)F)C1.O=C(COc1ccc(CO)cc1)N1CCC(S(=O)(=O)c2nnccc2C(F)(F)F)C1. The molecule has 4 heterocycles. The van der Waals surface area contributed by atoms with Crippen LogP contribution in [0.5, 0.6) is 11.5 Å². The maximum Gasteiger partial charge on any atom is 0.419 e. The lowest BCUT2D eigenvalue weighted by molar-refractivity contribution is -0.141. The number of carbonyl (C=O) groups excluding carboxylic acids is 2. The quantitative estimate of drug-likeness (QED) is 0.196. The number of hydrogen-bond donors (Lipinski definition) is 2. The number of aromatic nitrogens is 3. The Hall–Kier alpha value is -5.39. The minimum absolute atomic E-state index is 0.0193. The van der Waals surface area contributed by atoms with Crippen LogP contribution in [0.4, 0.5) is 26.3 Å². The van der Waals surface area contributed by atoms with Gasteiger partial charge in [0.25, 0.3) is 11.8 Å². The third-order valence-electron chi connectivity index (χ3n) is 9.47. The van der Waals surface area contributed by atoms with E-state index in [0.717, 1.165) is 12.4 Å². The van der Waals surface area contributed by atoms with Crippen molar-refractivity contribution in [2.45, 2.75) is 58.8 Å². The molecule has 0 saturated carbocycles. The third kappa shape index (κ3) is 11.1. The van der Waals surface area contributed by atoms with Crippen molar-refractivity contribution in [1.29, 1.82) is 0 Å². The summed E-state index contributed by atoms with van der Waals surface area (Å²) >= 11 is 0. The molecule has 4 aromatic rings. The van der Waals surface area contributed by atoms with Gasteiger partial charge < -0.3 is 29.5 Å². The highest BCUT2D eigenvalue weighted by molar-refractivity contribution is 7.92. The zero-order chi connectivity index (χ0) is 43.9. The Morgan fingerprint density at radius 3 is 1.57 bits per heavy atom. The fourth-order valence-corrected chi connectivity index (χ4v) is 9.80. The number of nitrogens with zero attached hydrogens (tertiary/aromatic N) is 5. The molecule has 2 aliphatic rings. The lowest BCUT2D eigenvalue weighted by atomic mass is 10.2. The van der Waals surface area contributed by atoms with Gasteiger partial charge in [-0.25, -0.2) is 16.8 Å². The number of pyridine rings is 1. The molecule has 2 fully saturated rings. The number of aliphatic hydroxyl groups excluding tert-OH is 2. The summed E-state index contributed by atoms with van der Waals surface area (Å²) in [6.07, 6.45) is -7.38. The highest BCUT2D eigenvalue weighted by Gasteiger charge is 2.45. The van der Waals surface area contributed by atoms with Crippen LogP contribution >= 0.6 is 0 Å². The first-order valence-corrected chi connectivity index (χ1v) is 20.9. The molecule has 6 rings (SSSR count). The minimum Gasteiger partial charge on any atom is -0.484 e. The Kier molecular flexibility index (Phi) is 14.4. The standard InChI is InChI=1S/C19H19F3N2O5S.C18H18F3N3O5S/c20-19(21,22)16-5-7-23-9-17(16)30(27,28)15-6-8-24(10-15)18(26)12-29-14-3-1-13(11-25)2-4-14;19-18(20,21)15-5-7-22-23-17(15)30(27,28)14-6-8-24(9-14)16(26)11-29-13-3-1-12(10-25)2-4-13/h1-5,7,9,15,25H,6,8,10-12H2;1-5,7,14,25H,6,8-11H2. The lowest BCUT2D eigenvalue weighted by Crippen LogP contribution is -2.35. The van der Waals surface area contributed by atoms with Gasteiger partial charge in [-0.1, -0.05) is 24.3 Å². The molecule has 2 unspecified atom stereocenters. The normalized spacial score (nSPS) is 17.2. The van der Waals surface area contributed by atoms with Crippen LogP contribution in [0.3, 0.4) is 0 Å². The molecule has 0 bridgehead atoms. The molecule has 2 aromatic heterocycles. The van der Waals surface area contributed by atoms with Crippen molar-refractivity contribution in [3.8, 4) is 11.5 Å². The first-order chi connectivity index (χ1) is 28.2. The number of alkyl halides is 6. The van der Waals surface area contributed by atoms with Crippen molar-refractivity contribution < 1.29 is 72.5 Å². The van der Waals surface area contributed by atoms with Gasteiger partial charge in [0.2, 0.25) is 9.84 Å². The van der Waals surface area contributed by atoms with Crippen LogP contribution in [0.25, 0.3) is 0 Å². The molecule has 0 aliphatic carbocycles. The van der Waals surface area contributed by atoms with Crippen LogP contribution in [-0.2, 0) is 54.8 Å². The summed E-state index contributed by atoms with van der Waals surface area (Å²) < 4.78 is 141. The number of amides is 2. The maximum absolute atomic E-state index is 13.2. The monoisotopic (exact) mass is 889 g/mol. The summed E-state index contributed by atoms with van der Waals surface area (Å²) in [5.41, 5.74) is -1.30. The van der Waals surface area contributed by atoms with Crippen LogP contribution in [0.15, 0.2) is 89.2 Å². The minimum atomic E-state index is -4.90. The molecule has 2 amide bonds. The van der Waals surface area contributed by atoms with Gasteiger partial charge in [0.1, 0.15) is 11.5 Å². The van der Waals surface area contributed by atoms with Crippen LogP contribution in [0.1, 0.15) is 35.1 Å². The van der Waals surface area contributed by atoms with E-state index in [2.05, 4.69) is 15.2 Å². The Labute approximate surface area is 339 Å². The van der Waals surface area contributed by atoms with Crippen LogP contribution in [-0.4, -0.2) is 114 Å². The molecule has 324 valence electrons. The van der Waals surface area contributed by atoms with Crippen molar-refractivity contribution in [3.05, 3.63) is 102 Å². The molecule has 0 spiro atoms. The number of aliphatic hydroxyl groups is 2. The number of likely N-dealkylation sites (tertiary alicyclic amines) is 2. The topological polar surface area (TPSA) is 206 Å². The second-order valence-corrected chi connectivity index (χ2v) is 17.7. The molecule has 2 aliphatic heterocycles. The molecular weight excluding hydrogens is 853 g/mol. The number of ether oxygens (including phenoxy) is 2. The Morgan fingerprint density at radius 1 is 0.667 bits per heavy atom. The predicted molar refractivity (Wildman–Crippen MR) is 196 cm³/mol. The molecular formula is C37H37F6N5O10S2. The van der Waals surface area contributed by atoms with E-state index in [4.69, 9.17) is 19.7 Å². The van der Waals surface area contributed by atoms with Gasteiger partial charge in [-0.05, 0) is 60.4 Å². The number of carbonyl (C=O) groups is 2. The number of halogens is 6. The first-order valence-electron chi connectivity index (χ1n) is 17.8. The summed E-state index contributed by atoms with van der Waals surface area (Å²) in [5.74, 6) is -0.178. The first kappa shape index (κ1) is 45.7. The number of hydrogen-bond acceptors (Lipinski definition) is 13. The fourth-order valence-electron chi connectivity index (χ4n) is 6.19. The van der Waals surface area contributed by atoms with Crippen LogP contribution in [0, 0.1) is 0 Å². The van der Waals surface area contributed by atoms with Gasteiger partial charge in [-0.2, -0.15) is 31.4 Å². The van der Waals surface area contributed by atoms with Gasteiger partial charge >= 0.3 is 12.4 Å². The van der Waals surface area contributed by atoms with Gasteiger partial charge in [-0.15, -0.1) is 5.10 Å². The van der Waals surface area contributed by atoms with Gasteiger partial charge in [0.05, 0.1) is 45.9 Å². The second-order valence-electron chi connectivity index (χ2n) is 13.4. The van der Waals surface area contributed by atoms with Gasteiger partial charge in [0, 0.05) is 38.6 Å². The molecule has 2 atom stereocenters. The van der Waals surface area contributed by atoms with Gasteiger partial charge in [0.15, 0.2) is 28.1 Å². The molecule has 15 nitrogen and oxygen atoms in total. The van der Waals surface area contributed by atoms with Crippen molar-refractivity contribution in [2.24, 2.45) is 0 Å². The van der Waals surface area contributed by atoms with E-state index in [9.17, 15) is 52.8 Å². The molecule has 23 heteroatoms.